The molecule has 1 aliphatic heterocycles. The Balaban J connectivity index is 2.43. The molecule has 1 amide bonds. The van der Waals surface area contributed by atoms with Crippen LogP contribution in [0.4, 0.5) is 11.4 Å². The first-order valence-corrected chi connectivity index (χ1v) is 6.73. The molecule has 1 N–H and O–H groups in total. The van der Waals surface area contributed by atoms with Crippen molar-refractivity contribution < 1.29 is 9.72 Å². The van der Waals surface area contributed by atoms with Gasteiger partial charge >= 0.3 is 0 Å². The number of nitrogens with one attached hydrogen (secondary N) is 1. The van der Waals surface area contributed by atoms with Crippen molar-refractivity contribution in [1.29, 1.82) is 0 Å². The Labute approximate surface area is 117 Å². The fourth-order valence-electron chi connectivity index (χ4n) is 2.63. The van der Waals surface area contributed by atoms with E-state index in [2.05, 4.69) is 24.1 Å². The van der Waals surface area contributed by atoms with Gasteiger partial charge in [0, 0.05) is 31.3 Å². The number of hydrogen-bond donors (Lipinski definition) is 1. The van der Waals surface area contributed by atoms with Crippen molar-refractivity contribution in [1.82, 2.24) is 5.32 Å². The van der Waals surface area contributed by atoms with Crippen molar-refractivity contribution in [2.24, 2.45) is 5.92 Å². The van der Waals surface area contributed by atoms with Gasteiger partial charge in [-0.25, -0.2) is 0 Å². The van der Waals surface area contributed by atoms with Crippen LogP contribution in [0.2, 0.25) is 0 Å². The maximum absolute atomic E-state index is 11.6. The van der Waals surface area contributed by atoms with Crippen LogP contribution >= 0.6 is 0 Å². The molecule has 0 radical (unpaired) electrons. The molecule has 0 spiro atoms. The van der Waals surface area contributed by atoms with E-state index < -0.39 is 4.92 Å². The van der Waals surface area contributed by atoms with E-state index in [1.165, 1.54) is 13.1 Å². The van der Waals surface area contributed by atoms with Gasteiger partial charge in [0.1, 0.15) is 5.69 Å². The van der Waals surface area contributed by atoms with Crippen LogP contribution in [0.5, 0.6) is 0 Å². The standard InChI is InChI=1S/C14H19N3O3/c1-9-6-7-16(10(9)2)12-5-4-11(14(18)15-3)8-13(12)17(19)20/h4-5,8-10H,6-7H2,1-3H3,(H,15,18). The zero-order chi connectivity index (χ0) is 14.9. The molecule has 1 aromatic carbocycles. The van der Waals surface area contributed by atoms with E-state index in [1.54, 1.807) is 12.1 Å². The van der Waals surface area contributed by atoms with Gasteiger partial charge in [0.25, 0.3) is 11.6 Å². The average Bonchev–Trinajstić information content (AvgIpc) is 2.77. The normalized spacial score (nSPS) is 21.9. The lowest BCUT2D eigenvalue weighted by Crippen LogP contribution is -2.29. The third-order valence-electron chi connectivity index (χ3n) is 4.11. The van der Waals surface area contributed by atoms with E-state index in [-0.39, 0.29) is 17.6 Å². The van der Waals surface area contributed by atoms with E-state index in [4.69, 9.17) is 0 Å². The highest BCUT2D eigenvalue weighted by molar-refractivity contribution is 5.95. The molecule has 0 bridgehead atoms. The number of anilines is 1. The predicted molar refractivity (Wildman–Crippen MR) is 77.1 cm³/mol. The molecule has 6 nitrogen and oxygen atoms in total. The first-order chi connectivity index (χ1) is 9.45. The first-order valence-electron chi connectivity index (χ1n) is 6.73. The zero-order valence-electron chi connectivity index (χ0n) is 11.9. The minimum absolute atomic E-state index is 0.00736. The molecule has 0 aromatic heterocycles. The Kier molecular flexibility index (Phi) is 3.92. The molecule has 2 atom stereocenters. The molecule has 1 aliphatic rings. The van der Waals surface area contributed by atoms with Crippen LogP contribution in [0.25, 0.3) is 0 Å². The number of carbonyl (C=O) groups is 1. The van der Waals surface area contributed by atoms with Crippen LogP contribution in [-0.2, 0) is 0 Å². The zero-order valence-corrected chi connectivity index (χ0v) is 11.9. The van der Waals surface area contributed by atoms with Gasteiger partial charge < -0.3 is 10.2 Å². The molecule has 0 saturated carbocycles. The number of benzene rings is 1. The Bertz CT molecular complexity index is 544. The lowest BCUT2D eigenvalue weighted by atomic mass is 10.0. The summed E-state index contributed by atoms with van der Waals surface area (Å²) in [6.07, 6.45) is 1.02. The van der Waals surface area contributed by atoms with Gasteiger partial charge in [-0.3, -0.25) is 14.9 Å². The summed E-state index contributed by atoms with van der Waals surface area (Å²) in [5, 5.41) is 13.8. The van der Waals surface area contributed by atoms with Gasteiger partial charge in [0.15, 0.2) is 0 Å². The highest BCUT2D eigenvalue weighted by atomic mass is 16.6. The molecule has 1 aromatic rings. The molecular formula is C14H19N3O3. The van der Waals surface area contributed by atoms with Gasteiger partial charge in [0.05, 0.1) is 4.92 Å². The Morgan fingerprint density at radius 1 is 1.45 bits per heavy atom. The number of hydrogen-bond acceptors (Lipinski definition) is 4. The van der Waals surface area contributed by atoms with E-state index in [9.17, 15) is 14.9 Å². The van der Waals surface area contributed by atoms with Crippen LogP contribution in [-0.4, -0.2) is 30.5 Å². The SMILES string of the molecule is CNC(=O)c1ccc(N2CCC(C)C2C)c([N+](=O)[O-])c1. The minimum Gasteiger partial charge on any atom is -0.363 e. The third-order valence-corrected chi connectivity index (χ3v) is 4.11. The van der Waals surface area contributed by atoms with E-state index in [0.717, 1.165) is 13.0 Å². The lowest BCUT2D eigenvalue weighted by Gasteiger charge is -2.25. The molecule has 2 rings (SSSR count). The van der Waals surface area contributed by atoms with Gasteiger partial charge in [-0.05, 0) is 31.4 Å². The van der Waals surface area contributed by atoms with Crippen molar-refractivity contribution in [3.8, 4) is 0 Å². The van der Waals surface area contributed by atoms with E-state index >= 15 is 0 Å². The Morgan fingerprint density at radius 3 is 2.65 bits per heavy atom. The summed E-state index contributed by atoms with van der Waals surface area (Å²) in [5.74, 6) is 0.190. The van der Waals surface area contributed by atoms with Crippen LogP contribution in [0.1, 0.15) is 30.6 Å². The van der Waals surface area contributed by atoms with Crippen molar-refractivity contribution in [3.05, 3.63) is 33.9 Å². The molecule has 108 valence electrons. The summed E-state index contributed by atoms with van der Waals surface area (Å²) in [7, 11) is 1.51. The molecule has 1 saturated heterocycles. The van der Waals surface area contributed by atoms with Crippen molar-refractivity contribution in [3.63, 3.8) is 0 Å². The number of nitro groups is 1. The highest BCUT2D eigenvalue weighted by Gasteiger charge is 2.31. The van der Waals surface area contributed by atoms with Gasteiger partial charge in [-0.1, -0.05) is 6.92 Å². The lowest BCUT2D eigenvalue weighted by molar-refractivity contribution is -0.384. The molecule has 0 aliphatic carbocycles. The van der Waals surface area contributed by atoms with Crippen molar-refractivity contribution >= 4 is 17.3 Å². The monoisotopic (exact) mass is 277 g/mol. The molecular weight excluding hydrogens is 258 g/mol. The maximum Gasteiger partial charge on any atom is 0.293 e. The average molecular weight is 277 g/mol. The Hall–Kier alpha value is -2.11. The van der Waals surface area contributed by atoms with Crippen LogP contribution < -0.4 is 10.2 Å². The number of carbonyl (C=O) groups excluding carboxylic acids is 1. The maximum atomic E-state index is 11.6. The smallest absolute Gasteiger partial charge is 0.293 e. The summed E-state index contributed by atoms with van der Waals surface area (Å²) in [6, 6.07) is 4.93. The summed E-state index contributed by atoms with van der Waals surface area (Å²) in [6.45, 7) is 5.03. The minimum atomic E-state index is -0.419. The fraction of sp³-hybridized carbons (Fsp3) is 0.500. The molecule has 1 fully saturated rings. The summed E-state index contributed by atoms with van der Waals surface area (Å²) >= 11 is 0. The van der Waals surface area contributed by atoms with Gasteiger partial charge in [-0.2, -0.15) is 0 Å². The van der Waals surface area contributed by atoms with Crippen LogP contribution in [0.3, 0.4) is 0 Å². The van der Waals surface area contributed by atoms with E-state index in [1.807, 2.05) is 0 Å². The molecule has 1 heterocycles. The van der Waals surface area contributed by atoms with Crippen molar-refractivity contribution in [2.45, 2.75) is 26.3 Å². The van der Waals surface area contributed by atoms with E-state index in [0.29, 0.717) is 17.2 Å². The second-order valence-corrected chi connectivity index (χ2v) is 5.24. The summed E-state index contributed by atoms with van der Waals surface area (Å²) < 4.78 is 0. The second-order valence-electron chi connectivity index (χ2n) is 5.24. The third kappa shape index (κ3) is 2.45. The summed E-state index contributed by atoms with van der Waals surface area (Å²) in [4.78, 5) is 24.5. The largest absolute Gasteiger partial charge is 0.363 e. The predicted octanol–water partition coefficient (Wildman–Crippen LogP) is 2.19. The number of nitrogens with zero attached hydrogens (tertiary/aromatic N) is 2. The summed E-state index contributed by atoms with van der Waals surface area (Å²) in [5.41, 5.74) is 0.898. The van der Waals surface area contributed by atoms with Crippen LogP contribution in [0.15, 0.2) is 18.2 Å². The van der Waals surface area contributed by atoms with Gasteiger partial charge in [0.2, 0.25) is 0 Å². The fourth-order valence-corrected chi connectivity index (χ4v) is 2.63. The molecule has 6 heteroatoms. The first kappa shape index (κ1) is 14.3. The highest BCUT2D eigenvalue weighted by Crippen LogP contribution is 2.36. The Morgan fingerprint density at radius 2 is 2.15 bits per heavy atom. The molecule has 2 unspecified atom stereocenters. The number of nitro benzene ring substituents is 1. The molecule has 20 heavy (non-hydrogen) atoms. The van der Waals surface area contributed by atoms with Crippen LogP contribution in [0, 0.1) is 16.0 Å². The number of amides is 1. The number of rotatable bonds is 3. The quantitative estimate of drug-likeness (QED) is 0.678. The van der Waals surface area contributed by atoms with Gasteiger partial charge in [-0.15, -0.1) is 0 Å². The topological polar surface area (TPSA) is 75.5 Å². The second kappa shape index (κ2) is 5.48. The van der Waals surface area contributed by atoms with Crippen molar-refractivity contribution in [2.75, 3.05) is 18.5 Å².